The lowest BCUT2D eigenvalue weighted by Gasteiger charge is -2.32. The minimum Gasteiger partial charge on any atom is -0.454 e. The number of nitrogens with one attached hydrogen (secondary N) is 2. The van der Waals surface area contributed by atoms with Crippen molar-refractivity contribution in [2.24, 2.45) is 4.99 Å². The van der Waals surface area contributed by atoms with Gasteiger partial charge in [0.1, 0.15) is 23.8 Å². The number of benzene rings is 7. The van der Waals surface area contributed by atoms with Gasteiger partial charge in [-0.25, -0.2) is 4.99 Å². The summed E-state index contributed by atoms with van der Waals surface area (Å²) in [6, 6.07) is 60.4. The van der Waals surface area contributed by atoms with Crippen molar-refractivity contribution in [3.05, 3.63) is 221 Å². The molecule has 5 heteroatoms. The normalized spacial score (nSPS) is 19.1. The van der Waals surface area contributed by atoms with Crippen molar-refractivity contribution in [2.75, 3.05) is 4.90 Å². The Bertz CT molecular complexity index is 2940. The highest BCUT2D eigenvalue weighted by atomic mass is 16.3. The summed E-state index contributed by atoms with van der Waals surface area (Å²) >= 11 is 0. The molecular formula is C54H44N4O. The summed E-state index contributed by atoms with van der Waals surface area (Å²) < 4.78 is 7.02. The predicted molar refractivity (Wildman–Crippen MR) is 243 cm³/mol. The minimum absolute atomic E-state index is 0.0800. The van der Waals surface area contributed by atoms with Gasteiger partial charge in [-0.15, -0.1) is 0 Å². The van der Waals surface area contributed by atoms with E-state index in [-0.39, 0.29) is 17.7 Å². The number of allylic oxidation sites excluding steroid dienone is 4. The summed E-state index contributed by atoms with van der Waals surface area (Å²) in [6.07, 6.45) is 7.44. The summed E-state index contributed by atoms with van der Waals surface area (Å²) in [5, 5.41) is 9.74. The summed E-state index contributed by atoms with van der Waals surface area (Å²) in [5.74, 6) is 1.27. The molecular weight excluding hydrogens is 721 g/mol. The highest BCUT2D eigenvalue weighted by Crippen LogP contribution is 2.54. The van der Waals surface area contributed by atoms with E-state index in [9.17, 15) is 0 Å². The maximum Gasteiger partial charge on any atom is 0.159 e. The Hall–Kier alpha value is -6.95. The van der Waals surface area contributed by atoms with Crippen molar-refractivity contribution >= 4 is 44.8 Å². The van der Waals surface area contributed by atoms with E-state index in [1.807, 2.05) is 12.1 Å². The fraction of sp³-hybridized carbons (Fsp3) is 0.130. The SMILES string of the molecule is CC1(C)C2=CC=CCC2c2ccc(N(c3ccc(-c4ccccc4)cc3)c3cccc4c3oc3cccc(C5NC(c6ccccc6)=NC(c6ccccc6)N5)c34)cc21. The van der Waals surface area contributed by atoms with Crippen molar-refractivity contribution in [1.29, 1.82) is 0 Å². The molecule has 0 bridgehead atoms. The topological polar surface area (TPSA) is 52.8 Å². The Balaban J connectivity index is 1.07. The van der Waals surface area contributed by atoms with E-state index in [2.05, 4.69) is 205 Å². The minimum atomic E-state index is -0.242. The Morgan fingerprint density at radius 3 is 2.14 bits per heavy atom. The number of aliphatic imine (C=N–C) groups is 1. The van der Waals surface area contributed by atoms with E-state index >= 15 is 0 Å². The van der Waals surface area contributed by atoms with Gasteiger partial charge in [0.05, 0.1) is 5.69 Å². The van der Waals surface area contributed by atoms with Gasteiger partial charge in [0.2, 0.25) is 0 Å². The molecule has 3 unspecified atom stereocenters. The lowest BCUT2D eigenvalue weighted by Crippen LogP contribution is -2.45. The number of amidine groups is 1. The van der Waals surface area contributed by atoms with Gasteiger partial charge in [0.25, 0.3) is 0 Å². The molecule has 7 aromatic carbocycles. The molecule has 59 heavy (non-hydrogen) atoms. The first-order valence-corrected chi connectivity index (χ1v) is 20.6. The number of fused-ring (bicyclic) bond motifs is 6. The van der Waals surface area contributed by atoms with Crippen LogP contribution < -0.4 is 15.5 Å². The Labute approximate surface area is 345 Å². The van der Waals surface area contributed by atoms with E-state index in [1.54, 1.807) is 0 Å². The van der Waals surface area contributed by atoms with Crippen LogP contribution in [0.3, 0.4) is 0 Å². The molecule has 0 spiro atoms. The monoisotopic (exact) mass is 764 g/mol. The van der Waals surface area contributed by atoms with Crippen LogP contribution in [0.15, 0.2) is 203 Å². The first kappa shape index (κ1) is 35.2. The molecule has 286 valence electrons. The Kier molecular flexibility index (Phi) is 8.45. The number of anilines is 3. The predicted octanol–water partition coefficient (Wildman–Crippen LogP) is 13.3. The van der Waals surface area contributed by atoms with Crippen LogP contribution in [-0.2, 0) is 5.41 Å². The van der Waals surface area contributed by atoms with Crippen LogP contribution in [0.2, 0.25) is 0 Å². The van der Waals surface area contributed by atoms with Crippen molar-refractivity contribution in [2.45, 2.75) is 43.9 Å². The maximum absolute atomic E-state index is 7.02. The molecule has 0 saturated heterocycles. The molecule has 8 aromatic rings. The molecule has 3 aliphatic rings. The van der Waals surface area contributed by atoms with Crippen LogP contribution in [0.1, 0.15) is 66.3 Å². The number of furan rings is 1. The lowest BCUT2D eigenvalue weighted by molar-refractivity contribution is 0.411. The number of rotatable bonds is 7. The second-order valence-corrected chi connectivity index (χ2v) is 16.4. The molecule has 2 heterocycles. The van der Waals surface area contributed by atoms with Gasteiger partial charge in [0.15, 0.2) is 5.58 Å². The van der Waals surface area contributed by atoms with Crippen LogP contribution in [0.4, 0.5) is 17.1 Å². The first-order chi connectivity index (χ1) is 29.0. The zero-order valence-corrected chi connectivity index (χ0v) is 33.1. The van der Waals surface area contributed by atoms with Crippen molar-refractivity contribution in [1.82, 2.24) is 10.6 Å². The summed E-state index contributed by atoms with van der Waals surface area (Å²) in [6.45, 7) is 4.76. The average Bonchev–Trinajstić information content (AvgIpc) is 3.80. The number of para-hydroxylation sites is 1. The molecule has 1 aliphatic heterocycles. The van der Waals surface area contributed by atoms with E-state index < -0.39 is 0 Å². The van der Waals surface area contributed by atoms with E-state index in [1.165, 1.54) is 27.8 Å². The van der Waals surface area contributed by atoms with E-state index in [0.29, 0.717) is 5.92 Å². The number of hydrogen-bond donors (Lipinski definition) is 2. The summed E-state index contributed by atoms with van der Waals surface area (Å²) in [7, 11) is 0. The first-order valence-electron chi connectivity index (χ1n) is 20.6. The molecule has 0 saturated carbocycles. The zero-order valence-electron chi connectivity index (χ0n) is 33.1. The van der Waals surface area contributed by atoms with E-state index in [0.717, 1.165) is 67.9 Å². The fourth-order valence-electron chi connectivity index (χ4n) is 9.66. The molecule has 2 N–H and O–H groups in total. The van der Waals surface area contributed by atoms with Gasteiger partial charge in [-0.3, -0.25) is 5.32 Å². The summed E-state index contributed by atoms with van der Waals surface area (Å²) in [4.78, 5) is 7.56. The lowest BCUT2D eigenvalue weighted by atomic mass is 9.79. The van der Waals surface area contributed by atoms with Crippen molar-refractivity contribution in [3.63, 3.8) is 0 Å². The molecule has 0 amide bonds. The van der Waals surface area contributed by atoms with Gasteiger partial charge in [-0.05, 0) is 70.6 Å². The molecule has 0 fully saturated rings. The smallest absolute Gasteiger partial charge is 0.159 e. The van der Waals surface area contributed by atoms with Crippen LogP contribution in [-0.4, -0.2) is 5.84 Å². The largest absolute Gasteiger partial charge is 0.454 e. The van der Waals surface area contributed by atoms with Crippen molar-refractivity contribution < 1.29 is 4.42 Å². The third kappa shape index (κ3) is 6.00. The third-order valence-electron chi connectivity index (χ3n) is 12.6. The molecule has 0 radical (unpaired) electrons. The van der Waals surface area contributed by atoms with Gasteiger partial charge in [-0.2, -0.15) is 0 Å². The van der Waals surface area contributed by atoms with Crippen LogP contribution in [0, 0.1) is 0 Å². The fourth-order valence-corrected chi connectivity index (χ4v) is 9.66. The molecule has 2 aliphatic carbocycles. The Morgan fingerprint density at radius 1 is 0.661 bits per heavy atom. The van der Waals surface area contributed by atoms with Gasteiger partial charge in [0, 0.05) is 44.6 Å². The highest BCUT2D eigenvalue weighted by Gasteiger charge is 2.42. The number of hydrogen-bond acceptors (Lipinski definition) is 5. The maximum atomic E-state index is 7.02. The average molecular weight is 765 g/mol. The number of nitrogens with zero attached hydrogens (tertiary/aromatic N) is 2. The highest BCUT2D eigenvalue weighted by molar-refractivity contribution is 6.12. The second kappa shape index (κ2) is 14.2. The molecule has 11 rings (SSSR count). The molecule has 1 aromatic heterocycles. The quantitative estimate of drug-likeness (QED) is 0.170. The van der Waals surface area contributed by atoms with Gasteiger partial charge >= 0.3 is 0 Å². The standard InChI is InChI=1S/C54H44N4O/c1-54(2)45-25-13-12-22-41(45)42-33-32-40(34-46(42)54)58(39-30-28-36(29-31-39)35-16-6-3-7-17-35)47-26-14-23-43-49-44(24-15-27-48(49)59-50(43)47)53-56-51(37-18-8-4-9-19-37)55-52(57-53)38-20-10-5-11-21-38/h3-21,23-34,41,51,53,56H,22H2,1-2H3,(H,55,57). The van der Waals surface area contributed by atoms with Crippen molar-refractivity contribution in [3.8, 4) is 11.1 Å². The zero-order chi connectivity index (χ0) is 39.5. The second-order valence-electron chi connectivity index (χ2n) is 16.4. The van der Waals surface area contributed by atoms with Crippen LogP contribution in [0.5, 0.6) is 0 Å². The molecule has 5 nitrogen and oxygen atoms in total. The van der Waals surface area contributed by atoms with Gasteiger partial charge < -0.3 is 14.6 Å². The summed E-state index contributed by atoms with van der Waals surface area (Å²) in [5.41, 5.74) is 14.7. The molecule has 3 atom stereocenters. The van der Waals surface area contributed by atoms with Gasteiger partial charge in [-0.1, -0.05) is 171 Å². The Morgan fingerprint density at radius 2 is 1.36 bits per heavy atom. The van der Waals surface area contributed by atoms with Crippen LogP contribution in [0.25, 0.3) is 33.1 Å². The third-order valence-corrected chi connectivity index (χ3v) is 12.6. The van der Waals surface area contributed by atoms with E-state index in [4.69, 9.17) is 9.41 Å². The van der Waals surface area contributed by atoms with Crippen LogP contribution >= 0.6 is 0 Å².